The second-order valence-electron chi connectivity index (χ2n) is 10.0. The van der Waals surface area contributed by atoms with Crippen molar-refractivity contribution in [3.8, 4) is 11.1 Å². The van der Waals surface area contributed by atoms with Crippen LogP contribution in [0.3, 0.4) is 0 Å². The number of ether oxygens (including phenoxy) is 1. The van der Waals surface area contributed by atoms with Crippen LogP contribution < -0.4 is 0 Å². The van der Waals surface area contributed by atoms with Crippen molar-refractivity contribution in [1.29, 1.82) is 0 Å². The second-order valence-corrected chi connectivity index (χ2v) is 12.1. The molecule has 0 bridgehead atoms. The molecule has 0 aromatic heterocycles. The van der Waals surface area contributed by atoms with Crippen LogP contribution in [-0.2, 0) is 27.1 Å². The highest BCUT2D eigenvalue weighted by molar-refractivity contribution is 7.88. The third-order valence-corrected chi connectivity index (χ3v) is 9.00. The summed E-state index contributed by atoms with van der Waals surface area (Å²) < 4.78 is 34.2. The standard InChI is InChI=1S/C30H36N2O5S/c1-22-17-32(23(2)19-33)30(34)28-16-10-9-15-27(28)26-14-8-7-13-25(26)20-37-29(22)18-31(3)38(35,36)21-24-11-5-4-6-12-24/h4-16,22-23,29,33H,17-21H2,1-3H3/t22-,23+,29-/m1/s1. The largest absolute Gasteiger partial charge is 0.394 e. The summed E-state index contributed by atoms with van der Waals surface area (Å²) in [5.41, 5.74) is 3.90. The molecular formula is C30H36N2O5S. The molecule has 1 heterocycles. The Balaban J connectivity index is 1.69. The molecule has 1 N–H and O–H groups in total. The normalized spacial score (nSPS) is 19.4. The lowest BCUT2D eigenvalue weighted by molar-refractivity contribution is -0.0146. The molecule has 0 fully saturated rings. The predicted octanol–water partition coefficient (Wildman–Crippen LogP) is 4.17. The van der Waals surface area contributed by atoms with Crippen molar-refractivity contribution in [2.75, 3.05) is 26.7 Å². The van der Waals surface area contributed by atoms with Crippen molar-refractivity contribution in [2.45, 2.75) is 38.4 Å². The number of amides is 1. The van der Waals surface area contributed by atoms with Crippen LogP contribution in [0.4, 0.5) is 0 Å². The fourth-order valence-electron chi connectivity index (χ4n) is 4.81. The Morgan fingerprint density at radius 3 is 2.26 bits per heavy atom. The van der Waals surface area contributed by atoms with Crippen LogP contribution in [0.15, 0.2) is 78.9 Å². The summed E-state index contributed by atoms with van der Waals surface area (Å²) in [6.45, 7) is 4.31. The van der Waals surface area contributed by atoms with E-state index in [1.54, 1.807) is 24.1 Å². The van der Waals surface area contributed by atoms with Gasteiger partial charge >= 0.3 is 0 Å². The zero-order chi connectivity index (χ0) is 27.3. The zero-order valence-electron chi connectivity index (χ0n) is 22.2. The number of nitrogens with zero attached hydrogens (tertiary/aromatic N) is 2. The number of sulfonamides is 1. The third kappa shape index (κ3) is 6.32. The van der Waals surface area contributed by atoms with E-state index in [2.05, 4.69) is 0 Å². The van der Waals surface area contributed by atoms with Crippen molar-refractivity contribution in [3.05, 3.63) is 95.6 Å². The van der Waals surface area contributed by atoms with E-state index in [1.165, 1.54) is 4.31 Å². The topological polar surface area (TPSA) is 87.2 Å². The van der Waals surface area contributed by atoms with Gasteiger partial charge in [-0.25, -0.2) is 12.7 Å². The van der Waals surface area contributed by atoms with E-state index in [1.807, 2.05) is 80.6 Å². The molecule has 1 aliphatic heterocycles. The van der Waals surface area contributed by atoms with Gasteiger partial charge in [0.2, 0.25) is 10.0 Å². The molecule has 38 heavy (non-hydrogen) atoms. The van der Waals surface area contributed by atoms with E-state index in [0.29, 0.717) is 12.1 Å². The minimum atomic E-state index is -3.60. The van der Waals surface area contributed by atoms with Crippen molar-refractivity contribution in [3.63, 3.8) is 0 Å². The first-order valence-corrected chi connectivity index (χ1v) is 14.5. The van der Waals surface area contributed by atoms with E-state index in [-0.39, 0.29) is 37.3 Å². The fraction of sp³-hybridized carbons (Fsp3) is 0.367. The molecule has 3 aromatic carbocycles. The maximum atomic E-state index is 13.9. The minimum Gasteiger partial charge on any atom is -0.394 e. The van der Waals surface area contributed by atoms with Crippen LogP contribution in [-0.4, -0.2) is 67.5 Å². The van der Waals surface area contributed by atoms with Gasteiger partial charge in [0.1, 0.15) is 0 Å². The van der Waals surface area contributed by atoms with Gasteiger partial charge in [0.25, 0.3) is 5.91 Å². The first kappa shape index (κ1) is 28.0. The Hall–Kier alpha value is -3.04. The Kier molecular flexibility index (Phi) is 8.99. The van der Waals surface area contributed by atoms with E-state index in [9.17, 15) is 18.3 Å². The van der Waals surface area contributed by atoms with E-state index >= 15 is 0 Å². The molecule has 202 valence electrons. The lowest BCUT2D eigenvalue weighted by Gasteiger charge is -2.35. The number of carbonyl (C=O) groups is 1. The lowest BCUT2D eigenvalue weighted by Crippen LogP contribution is -2.47. The molecule has 0 saturated heterocycles. The Morgan fingerprint density at radius 1 is 0.974 bits per heavy atom. The van der Waals surface area contributed by atoms with E-state index < -0.39 is 22.2 Å². The number of hydrogen-bond donors (Lipinski definition) is 1. The molecule has 4 rings (SSSR count). The molecule has 0 saturated carbocycles. The number of aliphatic hydroxyl groups is 1. The number of aliphatic hydroxyl groups excluding tert-OH is 1. The highest BCUT2D eigenvalue weighted by Crippen LogP contribution is 2.31. The van der Waals surface area contributed by atoms with Crippen LogP contribution in [0, 0.1) is 5.92 Å². The number of benzene rings is 3. The van der Waals surface area contributed by atoms with Crippen molar-refractivity contribution < 1.29 is 23.1 Å². The average Bonchev–Trinajstić information content (AvgIpc) is 2.94. The molecule has 3 atom stereocenters. The summed E-state index contributed by atoms with van der Waals surface area (Å²) in [4.78, 5) is 15.6. The van der Waals surface area contributed by atoms with Gasteiger partial charge < -0.3 is 14.7 Å². The highest BCUT2D eigenvalue weighted by atomic mass is 32.2. The first-order valence-electron chi connectivity index (χ1n) is 12.9. The average molecular weight is 537 g/mol. The van der Waals surface area contributed by atoms with E-state index in [0.717, 1.165) is 22.3 Å². The second kappa shape index (κ2) is 12.2. The Bertz CT molecular complexity index is 1350. The number of rotatable bonds is 7. The maximum Gasteiger partial charge on any atom is 0.254 e. The fourth-order valence-corrected chi connectivity index (χ4v) is 6.02. The molecule has 0 spiro atoms. The summed E-state index contributed by atoms with van der Waals surface area (Å²) in [6.07, 6.45) is -0.485. The molecule has 0 unspecified atom stereocenters. The quantitative estimate of drug-likeness (QED) is 0.490. The first-order chi connectivity index (χ1) is 18.2. The Labute approximate surface area is 225 Å². The summed E-state index contributed by atoms with van der Waals surface area (Å²) in [7, 11) is -2.03. The summed E-state index contributed by atoms with van der Waals surface area (Å²) in [5.74, 6) is -0.482. The van der Waals surface area contributed by atoms with Gasteiger partial charge in [-0.2, -0.15) is 0 Å². The van der Waals surface area contributed by atoms with Crippen LogP contribution in [0.25, 0.3) is 11.1 Å². The molecule has 1 aliphatic rings. The molecule has 8 heteroatoms. The van der Waals surface area contributed by atoms with E-state index in [4.69, 9.17) is 4.74 Å². The van der Waals surface area contributed by atoms with Crippen LogP contribution in [0.1, 0.15) is 35.3 Å². The van der Waals surface area contributed by atoms with Gasteiger partial charge in [-0.1, -0.05) is 79.7 Å². The molecule has 3 aromatic rings. The Morgan fingerprint density at radius 2 is 1.58 bits per heavy atom. The van der Waals surface area contributed by atoms with Crippen LogP contribution >= 0.6 is 0 Å². The number of likely N-dealkylation sites (N-methyl/N-ethyl adjacent to an activating group) is 1. The minimum absolute atomic E-state index is 0.101. The zero-order valence-corrected chi connectivity index (χ0v) is 23.0. The van der Waals surface area contributed by atoms with Crippen molar-refractivity contribution in [2.24, 2.45) is 5.92 Å². The monoisotopic (exact) mass is 536 g/mol. The SMILES string of the molecule is C[C@@H]1CN([C@@H](C)CO)C(=O)c2ccccc2-c2ccccc2CO[C@@H]1CN(C)S(=O)(=O)Cc1ccccc1. The van der Waals surface area contributed by atoms with Crippen LogP contribution in [0.5, 0.6) is 0 Å². The molecular weight excluding hydrogens is 500 g/mol. The summed E-state index contributed by atoms with van der Waals surface area (Å²) in [5, 5.41) is 9.99. The van der Waals surface area contributed by atoms with Gasteiger partial charge in [-0.05, 0) is 35.2 Å². The highest BCUT2D eigenvalue weighted by Gasteiger charge is 2.32. The predicted molar refractivity (Wildman–Crippen MR) is 149 cm³/mol. The smallest absolute Gasteiger partial charge is 0.254 e. The number of carbonyl (C=O) groups excluding carboxylic acids is 1. The molecule has 7 nitrogen and oxygen atoms in total. The van der Waals surface area contributed by atoms with Gasteiger partial charge in [-0.15, -0.1) is 0 Å². The van der Waals surface area contributed by atoms with Crippen molar-refractivity contribution in [1.82, 2.24) is 9.21 Å². The molecule has 0 radical (unpaired) electrons. The summed E-state index contributed by atoms with van der Waals surface area (Å²) in [6, 6.07) is 24.0. The lowest BCUT2D eigenvalue weighted by atomic mass is 9.94. The van der Waals surface area contributed by atoms with Gasteiger partial charge in [0.15, 0.2) is 0 Å². The maximum absolute atomic E-state index is 13.9. The van der Waals surface area contributed by atoms with Gasteiger partial charge in [0.05, 0.1) is 31.1 Å². The van der Waals surface area contributed by atoms with Crippen LogP contribution in [0.2, 0.25) is 0 Å². The van der Waals surface area contributed by atoms with Gasteiger partial charge in [-0.3, -0.25) is 4.79 Å². The number of fused-ring (bicyclic) bond motifs is 3. The van der Waals surface area contributed by atoms with Gasteiger partial charge in [0, 0.05) is 31.6 Å². The molecule has 0 aliphatic carbocycles. The molecule has 1 amide bonds. The van der Waals surface area contributed by atoms with Crippen molar-refractivity contribution >= 4 is 15.9 Å². The summed E-state index contributed by atoms with van der Waals surface area (Å²) >= 11 is 0. The third-order valence-electron chi connectivity index (χ3n) is 7.20. The number of hydrogen-bond acceptors (Lipinski definition) is 5.